The molecule has 1 rings (SSSR count). The van der Waals surface area contributed by atoms with Gasteiger partial charge < -0.3 is 0 Å². The van der Waals surface area contributed by atoms with Crippen molar-refractivity contribution in [2.75, 3.05) is 0 Å². The quantitative estimate of drug-likeness (QED) is 0.561. The van der Waals surface area contributed by atoms with E-state index in [1.165, 1.54) is 6.92 Å². The monoisotopic (exact) mass is 278 g/mol. The molecule has 110 valence electrons. The van der Waals surface area contributed by atoms with Crippen LogP contribution in [0.4, 0.5) is 8.78 Å². The second kappa shape index (κ2) is 6.83. The van der Waals surface area contributed by atoms with E-state index in [0.717, 1.165) is 11.1 Å². The zero-order valence-corrected chi connectivity index (χ0v) is 12.8. The highest BCUT2D eigenvalue weighted by Crippen LogP contribution is 2.32. The highest BCUT2D eigenvalue weighted by molar-refractivity contribution is 5.36. The number of halogens is 2. The van der Waals surface area contributed by atoms with Crippen molar-refractivity contribution in [1.29, 1.82) is 0 Å². The fourth-order valence-corrected chi connectivity index (χ4v) is 1.97. The Bertz CT molecular complexity index is 496. The molecule has 0 heterocycles. The van der Waals surface area contributed by atoms with Gasteiger partial charge in [-0.25, -0.2) is 8.78 Å². The third-order valence-electron chi connectivity index (χ3n) is 3.50. The number of alkyl halides is 2. The van der Waals surface area contributed by atoms with Crippen molar-refractivity contribution >= 4 is 0 Å². The summed E-state index contributed by atoms with van der Waals surface area (Å²) in [5.74, 6) is 0. The maximum atomic E-state index is 14.5. The molecule has 0 nitrogen and oxygen atoms in total. The zero-order chi connectivity index (χ0) is 15.3. The minimum Gasteiger partial charge on any atom is -0.243 e. The Morgan fingerprint density at radius 2 is 2.05 bits per heavy atom. The molecule has 0 amide bonds. The average Bonchev–Trinajstić information content (AvgIpc) is 2.37. The molecule has 0 aliphatic carbocycles. The summed E-state index contributed by atoms with van der Waals surface area (Å²) in [5, 5.41) is 0. The normalized spacial score (nSPS) is 16.1. The molecule has 1 aromatic rings. The zero-order valence-electron chi connectivity index (χ0n) is 12.8. The lowest BCUT2D eigenvalue weighted by atomic mass is 9.90. The predicted octanol–water partition coefficient (Wildman–Crippen LogP) is 5.99. The number of rotatable bonds is 6. The summed E-state index contributed by atoms with van der Waals surface area (Å²) < 4.78 is 28.1. The van der Waals surface area contributed by atoms with Crippen LogP contribution in [0, 0.1) is 0 Å². The maximum absolute atomic E-state index is 14.5. The Hall–Kier alpha value is -1.44. The van der Waals surface area contributed by atoms with E-state index < -0.39 is 11.8 Å². The van der Waals surface area contributed by atoms with Crippen LogP contribution in [0.25, 0.3) is 0 Å². The molecule has 0 aliphatic rings. The van der Waals surface area contributed by atoms with Crippen molar-refractivity contribution in [2.24, 2.45) is 0 Å². The largest absolute Gasteiger partial charge is 0.243 e. The maximum Gasteiger partial charge on any atom is 0.133 e. The van der Waals surface area contributed by atoms with Crippen LogP contribution >= 0.6 is 0 Å². The summed E-state index contributed by atoms with van der Waals surface area (Å²) in [6, 6.07) is 5.28. The van der Waals surface area contributed by atoms with Gasteiger partial charge in [0.05, 0.1) is 0 Å². The van der Waals surface area contributed by atoms with Gasteiger partial charge in [0.15, 0.2) is 0 Å². The minimum absolute atomic E-state index is 0.373. The second-order valence-corrected chi connectivity index (χ2v) is 5.58. The van der Waals surface area contributed by atoms with E-state index in [1.54, 1.807) is 19.9 Å². The molecule has 2 unspecified atom stereocenters. The number of allylic oxidation sites excluding steroid dienone is 3. The van der Waals surface area contributed by atoms with Crippen molar-refractivity contribution < 1.29 is 8.78 Å². The summed E-state index contributed by atoms with van der Waals surface area (Å²) in [6.45, 7) is 10.5. The summed E-state index contributed by atoms with van der Waals surface area (Å²) in [5.41, 5.74) is 1.57. The molecule has 0 fully saturated rings. The highest BCUT2D eigenvalue weighted by Gasteiger charge is 2.24. The Kier molecular flexibility index (Phi) is 5.67. The Morgan fingerprint density at radius 1 is 1.40 bits per heavy atom. The first-order chi connectivity index (χ1) is 9.26. The molecule has 0 radical (unpaired) electrons. The Balaban J connectivity index is 3.14. The minimum atomic E-state index is -1.42. The van der Waals surface area contributed by atoms with Gasteiger partial charge in [-0.2, -0.15) is 0 Å². The van der Waals surface area contributed by atoms with Crippen LogP contribution in [0.2, 0.25) is 0 Å². The van der Waals surface area contributed by atoms with Crippen molar-refractivity contribution in [3.63, 3.8) is 0 Å². The van der Waals surface area contributed by atoms with Crippen LogP contribution in [0.3, 0.4) is 0 Å². The SMILES string of the molecule is C=C(C)/C=C\Cc1cc(C(C)F)cc(C(C)(F)CC)c1. The van der Waals surface area contributed by atoms with Gasteiger partial charge in [-0.3, -0.25) is 0 Å². The smallest absolute Gasteiger partial charge is 0.133 e. The molecule has 1 aromatic carbocycles. The molecule has 0 aromatic heterocycles. The molecule has 0 spiro atoms. The van der Waals surface area contributed by atoms with Gasteiger partial charge in [0.1, 0.15) is 11.8 Å². The Morgan fingerprint density at radius 3 is 2.55 bits per heavy atom. The van der Waals surface area contributed by atoms with E-state index in [1.807, 2.05) is 31.2 Å². The van der Waals surface area contributed by atoms with Crippen molar-refractivity contribution in [3.8, 4) is 0 Å². The fraction of sp³-hybridized carbons (Fsp3) is 0.444. The standard InChI is InChI=1S/C18H24F2/c1-6-18(5,20)17-11-15(9-7-8-13(2)3)10-16(12-17)14(4)19/h7-8,10-12,14H,2,6,9H2,1,3-5H3/b8-7-. The van der Waals surface area contributed by atoms with Gasteiger partial charge in [-0.05, 0) is 56.4 Å². The molecule has 2 atom stereocenters. The fourth-order valence-electron chi connectivity index (χ4n) is 1.97. The van der Waals surface area contributed by atoms with Crippen LogP contribution in [0.1, 0.15) is 57.0 Å². The van der Waals surface area contributed by atoms with Crippen LogP contribution in [-0.4, -0.2) is 0 Å². The summed E-state index contributed by atoms with van der Waals surface area (Å²) >= 11 is 0. The van der Waals surface area contributed by atoms with Gasteiger partial charge in [0.2, 0.25) is 0 Å². The van der Waals surface area contributed by atoms with E-state index in [-0.39, 0.29) is 0 Å². The number of hydrogen-bond donors (Lipinski definition) is 0. The third kappa shape index (κ3) is 4.59. The highest BCUT2D eigenvalue weighted by atomic mass is 19.1. The molecular weight excluding hydrogens is 254 g/mol. The average molecular weight is 278 g/mol. The van der Waals surface area contributed by atoms with Crippen LogP contribution < -0.4 is 0 Å². The molecule has 0 saturated carbocycles. The van der Waals surface area contributed by atoms with Gasteiger partial charge in [-0.15, -0.1) is 0 Å². The molecule has 0 aliphatic heterocycles. The molecule has 0 bridgehead atoms. The predicted molar refractivity (Wildman–Crippen MR) is 82.4 cm³/mol. The van der Waals surface area contributed by atoms with E-state index in [0.29, 0.717) is 24.0 Å². The summed E-state index contributed by atoms with van der Waals surface area (Å²) in [4.78, 5) is 0. The summed E-state index contributed by atoms with van der Waals surface area (Å²) in [7, 11) is 0. The lowest BCUT2D eigenvalue weighted by molar-refractivity contribution is 0.185. The van der Waals surface area contributed by atoms with Crippen molar-refractivity contribution in [2.45, 2.75) is 52.4 Å². The first-order valence-electron chi connectivity index (χ1n) is 7.05. The molecule has 20 heavy (non-hydrogen) atoms. The lowest BCUT2D eigenvalue weighted by Gasteiger charge is -2.21. The van der Waals surface area contributed by atoms with E-state index in [4.69, 9.17) is 0 Å². The van der Waals surface area contributed by atoms with E-state index in [2.05, 4.69) is 6.58 Å². The van der Waals surface area contributed by atoms with Crippen LogP contribution in [0.15, 0.2) is 42.5 Å². The second-order valence-electron chi connectivity index (χ2n) is 5.58. The van der Waals surface area contributed by atoms with Gasteiger partial charge in [-0.1, -0.05) is 43.4 Å². The summed E-state index contributed by atoms with van der Waals surface area (Å²) in [6.07, 6.45) is 3.82. The van der Waals surface area contributed by atoms with Crippen LogP contribution in [-0.2, 0) is 12.1 Å². The van der Waals surface area contributed by atoms with Gasteiger partial charge >= 0.3 is 0 Å². The number of benzene rings is 1. The Labute approximate surface area is 121 Å². The van der Waals surface area contributed by atoms with Gasteiger partial charge in [0, 0.05) is 0 Å². The van der Waals surface area contributed by atoms with Crippen molar-refractivity contribution in [1.82, 2.24) is 0 Å². The van der Waals surface area contributed by atoms with E-state index in [9.17, 15) is 8.78 Å². The third-order valence-corrected chi connectivity index (χ3v) is 3.50. The van der Waals surface area contributed by atoms with Crippen LogP contribution in [0.5, 0.6) is 0 Å². The number of hydrogen-bond acceptors (Lipinski definition) is 0. The first kappa shape index (κ1) is 16.6. The molecular formula is C18H24F2. The van der Waals surface area contributed by atoms with Crippen molar-refractivity contribution in [3.05, 3.63) is 59.2 Å². The lowest BCUT2D eigenvalue weighted by Crippen LogP contribution is -2.14. The topological polar surface area (TPSA) is 0 Å². The molecule has 2 heteroatoms. The van der Waals surface area contributed by atoms with E-state index >= 15 is 0 Å². The molecule has 0 N–H and O–H groups in total. The van der Waals surface area contributed by atoms with Gasteiger partial charge in [0.25, 0.3) is 0 Å². The molecule has 0 saturated heterocycles. The first-order valence-corrected chi connectivity index (χ1v) is 7.05.